The number of nitrogens with two attached hydrogens (primary N) is 1. The van der Waals surface area contributed by atoms with Crippen LogP contribution >= 0.6 is 0 Å². The molecule has 0 saturated carbocycles. The monoisotopic (exact) mass is 811 g/mol. The molecule has 1 aliphatic heterocycles. The van der Waals surface area contributed by atoms with E-state index < -0.39 is 61.9 Å². The lowest BCUT2D eigenvalue weighted by Crippen LogP contribution is -2.32. The van der Waals surface area contributed by atoms with Gasteiger partial charge in [0.25, 0.3) is 27.8 Å². The van der Waals surface area contributed by atoms with Crippen molar-refractivity contribution in [2.45, 2.75) is 10.9 Å². The fourth-order valence-corrected chi connectivity index (χ4v) is 6.41. The van der Waals surface area contributed by atoms with Gasteiger partial charge in [-0.25, -0.2) is 4.79 Å². The number of carbonyl (C=O) groups is 4. The van der Waals surface area contributed by atoms with Gasteiger partial charge in [0.05, 0.1) is 17.1 Å². The minimum absolute atomic E-state index is 0.154. The molecule has 0 spiro atoms. The lowest BCUT2D eigenvalue weighted by molar-refractivity contribution is -0.130. The molecule has 19 heteroatoms. The fourth-order valence-electron chi connectivity index (χ4n) is 5.75. The van der Waals surface area contributed by atoms with E-state index in [9.17, 15) is 42.4 Å². The number of hydrogen-bond donors (Lipinski definition) is 6. The molecule has 1 atom stereocenters. The molecule has 0 aromatic heterocycles. The predicted molar refractivity (Wildman–Crippen MR) is 217 cm³/mol. The van der Waals surface area contributed by atoms with Crippen LogP contribution in [-0.2, 0) is 19.7 Å². The Morgan fingerprint density at radius 2 is 1.31 bits per heavy atom. The van der Waals surface area contributed by atoms with Gasteiger partial charge in [-0.2, -0.15) is 33.9 Å². The summed E-state index contributed by atoms with van der Waals surface area (Å²) in [6.45, 7) is 0. The van der Waals surface area contributed by atoms with E-state index in [1.165, 1.54) is 78.9 Å². The van der Waals surface area contributed by atoms with Crippen LogP contribution in [0.15, 0.2) is 158 Å². The van der Waals surface area contributed by atoms with Gasteiger partial charge in [-0.05, 0) is 115 Å². The molecule has 7 rings (SSSR count). The molecule has 0 radical (unpaired) electrons. The second-order valence-corrected chi connectivity index (χ2v) is 14.1. The van der Waals surface area contributed by atoms with Crippen LogP contribution in [0.25, 0.3) is 10.8 Å². The second-order valence-electron chi connectivity index (χ2n) is 12.7. The van der Waals surface area contributed by atoms with Gasteiger partial charge in [0.1, 0.15) is 10.6 Å². The van der Waals surface area contributed by atoms with Crippen molar-refractivity contribution in [3.8, 4) is 5.75 Å². The largest absolute Gasteiger partial charge is 0.505 e. The quantitative estimate of drug-likeness (QED) is 0.0433. The third kappa shape index (κ3) is 8.65. The summed E-state index contributed by atoms with van der Waals surface area (Å²) < 4.78 is 34.8. The minimum Gasteiger partial charge on any atom is -0.505 e. The number of phenolic OH excluding ortho intramolecular Hbond substituents is 1. The van der Waals surface area contributed by atoms with Crippen molar-refractivity contribution in [2.24, 2.45) is 25.6 Å². The second kappa shape index (κ2) is 16.1. The highest BCUT2D eigenvalue weighted by Crippen LogP contribution is 2.42. The Balaban J connectivity index is 1.01. The van der Waals surface area contributed by atoms with Gasteiger partial charge in [-0.3, -0.25) is 18.9 Å². The van der Waals surface area contributed by atoms with Crippen molar-refractivity contribution in [2.75, 3.05) is 21.4 Å². The minimum atomic E-state index is -4.93. The number of nitrogens with one attached hydrogen (secondary N) is 2. The number of hydrazone groups is 1. The highest BCUT2D eigenvalue weighted by molar-refractivity contribution is 7.86. The molecule has 0 fully saturated rings. The highest BCUT2D eigenvalue weighted by Gasteiger charge is 2.41. The summed E-state index contributed by atoms with van der Waals surface area (Å²) in [5, 5.41) is 47.1. The maximum absolute atomic E-state index is 13.0. The Labute approximate surface area is 333 Å². The molecule has 0 saturated heterocycles. The van der Waals surface area contributed by atoms with Crippen LogP contribution in [0.5, 0.6) is 5.75 Å². The summed E-state index contributed by atoms with van der Waals surface area (Å²) in [7, 11) is -4.93. The topological polar surface area (TPSA) is 278 Å². The van der Waals surface area contributed by atoms with E-state index in [0.29, 0.717) is 22.6 Å². The van der Waals surface area contributed by atoms with E-state index in [0.717, 1.165) is 11.1 Å². The average Bonchev–Trinajstić information content (AvgIpc) is 3.56. The van der Waals surface area contributed by atoms with Crippen LogP contribution in [0, 0.1) is 0 Å². The third-order valence-electron chi connectivity index (χ3n) is 8.70. The number of hydrogen-bond acceptors (Lipinski definition) is 13. The van der Waals surface area contributed by atoms with Crippen molar-refractivity contribution in [3.63, 3.8) is 0 Å². The maximum atomic E-state index is 13.0. The standard InChI is InChI=1S/C40H29N9O9S/c41-25-10-6-22(7-11-25)38(52)43-29-18-19-31-24(20-29)21-32(59(56,57)58)33(36(31)50)46-44-27-12-8-23(9-13-27)37(51)42-26-14-16-28(17-15-26)45-47-34-35(40(54)55)48-49(39(34)53)30-4-2-1-3-5-30/h1-21,34,50H,41H2,(H,42,51)(H,43,52)(H,54,55)(H,56,57,58). The van der Waals surface area contributed by atoms with Crippen molar-refractivity contribution in [3.05, 3.63) is 139 Å². The van der Waals surface area contributed by atoms with Gasteiger partial charge >= 0.3 is 5.97 Å². The number of carbonyl (C=O) groups excluding carboxylic acids is 3. The number of rotatable bonds is 11. The first-order valence-corrected chi connectivity index (χ1v) is 18.7. The van der Waals surface area contributed by atoms with Gasteiger partial charge in [-0.1, -0.05) is 18.2 Å². The molecule has 6 aromatic rings. The zero-order valence-electron chi connectivity index (χ0n) is 30.2. The summed E-state index contributed by atoms with van der Waals surface area (Å²) >= 11 is 0. The summed E-state index contributed by atoms with van der Waals surface area (Å²) in [6, 6.07) is 30.2. The molecule has 0 bridgehead atoms. The molecule has 294 valence electrons. The molecule has 18 nitrogen and oxygen atoms in total. The number of benzene rings is 6. The van der Waals surface area contributed by atoms with Crippen LogP contribution in [-0.4, -0.2) is 58.6 Å². The Morgan fingerprint density at radius 1 is 0.729 bits per heavy atom. The SMILES string of the molecule is Nc1ccc(C(=O)Nc2ccc3c(O)c(N=Nc4ccc(C(=O)Nc5ccc(N=NC6C(=O)N(c7ccccc7)N=C6C(=O)O)cc5)cc4)c(S(=O)(=O)O)cc3c2)cc1. The molecular formula is C40H29N9O9S. The summed E-state index contributed by atoms with van der Waals surface area (Å²) in [4.78, 5) is 49.6. The summed E-state index contributed by atoms with van der Waals surface area (Å²) in [6.07, 6.45) is 0. The zero-order chi connectivity index (χ0) is 41.8. The van der Waals surface area contributed by atoms with E-state index in [4.69, 9.17) is 5.73 Å². The molecule has 59 heavy (non-hydrogen) atoms. The first-order valence-electron chi connectivity index (χ1n) is 17.2. The third-order valence-corrected chi connectivity index (χ3v) is 9.56. The summed E-state index contributed by atoms with van der Waals surface area (Å²) in [5.74, 6) is -3.66. The Kier molecular flexibility index (Phi) is 10.7. The number of nitrogens with zero attached hydrogens (tertiary/aromatic N) is 6. The van der Waals surface area contributed by atoms with E-state index in [2.05, 4.69) is 36.2 Å². The number of aromatic hydroxyl groups is 1. The number of fused-ring (bicyclic) bond motifs is 1. The van der Waals surface area contributed by atoms with Gasteiger partial charge < -0.3 is 26.6 Å². The van der Waals surface area contributed by atoms with Gasteiger partial charge in [0.2, 0.25) is 6.04 Å². The van der Waals surface area contributed by atoms with Crippen LogP contribution in [0.3, 0.4) is 0 Å². The number of phenols is 1. The van der Waals surface area contributed by atoms with Crippen molar-refractivity contribution < 1.29 is 42.4 Å². The molecule has 3 amide bonds. The number of aliphatic carboxylic acids is 1. The summed E-state index contributed by atoms with van der Waals surface area (Å²) in [5.41, 5.74) is 7.13. The lowest BCUT2D eigenvalue weighted by atomic mass is 10.1. The number of carboxylic acid groups (broad SMARTS) is 1. The number of carboxylic acids is 1. The number of azo groups is 2. The molecule has 1 aliphatic rings. The van der Waals surface area contributed by atoms with E-state index in [1.54, 1.807) is 42.5 Å². The van der Waals surface area contributed by atoms with Gasteiger partial charge in [0.15, 0.2) is 11.5 Å². The molecule has 1 unspecified atom stereocenters. The predicted octanol–water partition coefficient (Wildman–Crippen LogP) is 7.23. The van der Waals surface area contributed by atoms with Crippen molar-refractivity contribution >= 4 is 90.1 Å². The Hall–Kier alpha value is -8.16. The molecule has 6 aromatic carbocycles. The van der Waals surface area contributed by atoms with Gasteiger partial charge in [0, 0.05) is 33.6 Å². The van der Waals surface area contributed by atoms with E-state index in [1.807, 2.05) is 0 Å². The smallest absolute Gasteiger partial charge is 0.355 e. The average molecular weight is 812 g/mol. The van der Waals surface area contributed by atoms with Crippen LogP contribution < -0.4 is 21.4 Å². The van der Waals surface area contributed by atoms with E-state index >= 15 is 0 Å². The highest BCUT2D eigenvalue weighted by atomic mass is 32.2. The van der Waals surface area contributed by atoms with Gasteiger partial charge in [-0.15, -0.1) is 5.11 Å². The molecule has 7 N–H and O–H groups in total. The number of nitrogen functional groups attached to an aromatic ring is 1. The Bertz CT molecular complexity index is 2850. The van der Waals surface area contributed by atoms with Crippen LogP contribution in [0.2, 0.25) is 0 Å². The number of anilines is 4. The Morgan fingerprint density at radius 3 is 1.93 bits per heavy atom. The fraction of sp³-hybridized carbons (Fsp3) is 0.0250. The zero-order valence-corrected chi connectivity index (χ0v) is 31.0. The van der Waals surface area contributed by atoms with E-state index in [-0.39, 0.29) is 33.4 Å². The first kappa shape index (κ1) is 39.1. The molecule has 0 aliphatic carbocycles. The van der Waals surface area contributed by atoms with Crippen molar-refractivity contribution in [1.29, 1.82) is 0 Å². The van der Waals surface area contributed by atoms with Crippen LogP contribution in [0.1, 0.15) is 20.7 Å². The first-order chi connectivity index (χ1) is 28.2. The molecule has 1 heterocycles. The lowest BCUT2D eigenvalue weighted by Gasteiger charge is -2.11. The van der Waals surface area contributed by atoms with Crippen LogP contribution in [0.4, 0.5) is 39.8 Å². The molecular weight excluding hydrogens is 783 g/mol. The number of para-hydroxylation sites is 1. The number of amides is 3. The van der Waals surface area contributed by atoms with Crippen molar-refractivity contribution in [1.82, 2.24) is 0 Å². The normalized spacial score (nSPS) is 14.2. The maximum Gasteiger partial charge on any atom is 0.355 e.